The van der Waals surface area contributed by atoms with Crippen LogP contribution in [-0.4, -0.2) is 27.2 Å². The second-order valence-corrected chi connectivity index (χ2v) is 9.84. The van der Waals surface area contributed by atoms with E-state index in [0.29, 0.717) is 23.0 Å². The van der Waals surface area contributed by atoms with Gasteiger partial charge in [-0.05, 0) is 31.0 Å². The summed E-state index contributed by atoms with van der Waals surface area (Å²) in [4.78, 5) is 35.5. The van der Waals surface area contributed by atoms with Crippen molar-refractivity contribution in [3.8, 4) is 0 Å². The van der Waals surface area contributed by atoms with Gasteiger partial charge in [-0.2, -0.15) is 0 Å². The molecule has 36 heavy (non-hydrogen) atoms. The van der Waals surface area contributed by atoms with E-state index in [1.807, 2.05) is 0 Å². The van der Waals surface area contributed by atoms with Crippen LogP contribution in [0.3, 0.4) is 0 Å². The zero-order valence-electron chi connectivity index (χ0n) is 22.0. The van der Waals surface area contributed by atoms with Gasteiger partial charge in [-0.3, -0.25) is 19.8 Å². The Hall–Kier alpha value is -2.83. The highest BCUT2D eigenvalue weighted by Crippen LogP contribution is 2.17. The summed E-state index contributed by atoms with van der Waals surface area (Å²) in [5.41, 5.74) is 0.988. The van der Waals surface area contributed by atoms with E-state index in [0.717, 1.165) is 12.8 Å². The summed E-state index contributed by atoms with van der Waals surface area (Å²) in [6.45, 7) is 2.26. The van der Waals surface area contributed by atoms with Crippen LogP contribution in [0.5, 0.6) is 0 Å². The number of carbonyl (C=O) groups excluding carboxylic acids is 1. The lowest BCUT2D eigenvalue weighted by Gasteiger charge is -2.06. The van der Waals surface area contributed by atoms with Crippen LogP contribution >= 0.6 is 0 Å². The van der Waals surface area contributed by atoms with Gasteiger partial charge in [0.25, 0.3) is 5.56 Å². The SMILES string of the molecule is CCCCCCCCCCCCCCCCCC=C(CC(=O)Nc1ccc2c(=O)[nH][nH]c2c1)C(=O)O. The molecular formula is C29H45N3O4. The maximum atomic E-state index is 12.3. The van der Waals surface area contributed by atoms with Crippen LogP contribution in [0.2, 0.25) is 0 Å². The first kappa shape index (κ1) is 29.4. The Morgan fingerprint density at radius 2 is 1.39 bits per heavy atom. The number of H-pyrrole nitrogens is 2. The lowest BCUT2D eigenvalue weighted by molar-refractivity contribution is -0.133. The molecule has 7 nitrogen and oxygen atoms in total. The molecule has 1 heterocycles. The van der Waals surface area contributed by atoms with Crippen LogP contribution in [-0.2, 0) is 9.59 Å². The smallest absolute Gasteiger partial charge is 0.331 e. The van der Waals surface area contributed by atoms with Crippen LogP contribution in [0.15, 0.2) is 34.6 Å². The third-order valence-electron chi connectivity index (χ3n) is 6.68. The molecule has 1 aromatic carbocycles. The monoisotopic (exact) mass is 499 g/mol. The van der Waals surface area contributed by atoms with Crippen molar-refractivity contribution in [1.29, 1.82) is 0 Å². The number of nitrogens with one attached hydrogen (secondary N) is 3. The summed E-state index contributed by atoms with van der Waals surface area (Å²) in [5, 5.41) is 17.9. The van der Waals surface area contributed by atoms with Crippen LogP contribution in [0.25, 0.3) is 10.9 Å². The number of aromatic amines is 2. The molecule has 0 spiro atoms. The molecule has 2 rings (SSSR count). The van der Waals surface area contributed by atoms with Crippen molar-refractivity contribution < 1.29 is 14.7 Å². The number of hydrogen-bond acceptors (Lipinski definition) is 3. The number of aliphatic carboxylic acids is 1. The summed E-state index contributed by atoms with van der Waals surface area (Å²) in [5.74, 6) is -1.45. The predicted molar refractivity (Wildman–Crippen MR) is 147 cm³/mol. The largest absolute Gasteiger partial charge is 0.478 e. The predicted octanol–water partition coefficient (Wildman–Crippen LogP) is 7.46. The van der Waals surface area contributed by atoms with Gasteiger partial charge in [-0.1, -0.05) is 103 Å². The van der Waals surface area contributed by atoms with Crippen molar-refractivity contribution in [2.24, 2.45) is 0 Å². The average molecular weight is 500 g/mol. The van der Waals surface area contributed by atoms with Crippen LogP contribution in [0, 0.1) is 0 Å². The Balaban J connectivity index is 1.53. The number of fused-ring (bicyclic) bond motifs is 1. The Kier molecular flexibility index (Phi) is 14.4. The Morgan fingerprint density at radius 3 is 1.94 bits per heavy atom. The molecule has 2 aromatic rings. The first-order chi connectivity index (χ1) is 17.5. The fourth-order valence-electron chi connectivity index (χ4n) is 4.52. The van der Waals surface area contributed by atoms with E-state index < -0.39 is 11.9 Å². The third-order valence-corrected chi connectivity index (χ3v) is 6.68. The van der Waals surface area contributed by atoms with Gasteiger partial charge >= 0.3 is 5.97 Å². The second kappa shape index (κ2) is 17.6. The molecule has 0 fully saturated rings. The van der Waals surface area contributed by atoms with Gasteiger partial charge in [0, 0.05) is 11.3 Å². The van der Waals surface area contributed by atoms with Crippen molar-refractivity contribution in [3.05, 3.63) is 40.2 Å². The van der Waals surface area contributed by atoms with Crippen LogP contribution in [0.1, 0.15) is 116 Å². The average Bonchev–Trinajstić information content (AvgIpc) is 3.22. The van der Waals surface area contributed by atoms with Gasteiger partial charge in [0.1, 0.15) is 0 Å². The van der Waals surface area contributed by atoms with E-state index in [1.54, 1.807) is 24.3 Å². The molecule has 200 valence electrons. The minimum Gasteiger partial charge on any atom is -0.478 e. The van der Waals surface area contributed by atoms with Crippen molar-refractivity contribution in [1.82, 2.24) is 10.2 Å². The molecule has 0 aliphatic carbocycles. The minimum absolute atomic E-state index is 0.119. The fraction of sp³-hybridized carbons (Fsp3) is 0.621. The molecule has 0 aliphatic rings. The molecular weight excluding hydrogens is 454 g/mol. The second-order valence-electron chi connectivity index (χ2n) is 9.84. The number of carbonyl (C=O) groups is 2. The molecule has 0 bridgehead atoms. The molecule has 1 aromatic heterocycles. The highest BCUT2D eigenvalue weighted by Gasteiger charge is 2.13. The van der Waals surface area contributed by atoms with Gasteiger partial charge in [0.2, 0.25) is 5.91 Å². The van der Waals surface area contributed by atoms with Crippen molar-refractivity contribution >= 4 is 28.5 Å². The molecule has 0 radical (unpaired) electrons. The highest BCUT2D eigenvalue weighted by atomic mass is 16.4. The molecule has 0 saturated carbocycles. The molecule has 0 aliphatic heterocycles. The van der Waals surface area contributed by atoms with Gasteiger partial charge < -0.3 is 10.4 Å². The number of amides is 1. The summed E-state index contributed by atoms with van der Waals surface area (Å²) in [7, 11) is 0. The Labute approximate surface area is 215 Å². The van der Waals surface area contributed by atoms with Crippen molar-refractivity contribution in [2.75, 3.05) is 5.32 Å². The van der Waals surface area contributed by atoms with Crippen LogP contribution < -0.4 is 10.9 Å². The maximum Gasteiger partial charge on any atom is 0.331 e. The van der Waals surface area contributed by atoms with Crippen molar-refractivity contribution in [2.45, 2.75) is 116 Å². The number of carboxylic acids is 1. The molecule has 0 saturated heterocycles. The lowest BCUT2D eigenvalue weighted by atomic mass is 10.0. The van der Waals surface area contributed by atoms with Gasteiger partial charge in [0.05, 0.1) is 17.3 Å². The quantitative estimate of drug-likeness (QED) is 0.112. The highest BCUT2D eigenvalue weighted by molar-refractivity contribution is 6.00. The van der Waals surface area contributed by atoms with Crippen molar-refractivity contribution in [3.63, 3.8) is 0 Å². The molecule has 1 amide bonds. The standard InChI is InChI=1S/C29H45N3O4/c1-2-3-4-5-6-7-8-9-10-11-12-13-14-15-16-17-18-23(29(35)36)21-27(33)30-24-19-20-25-26(22-24)31-32-28(25)34/h18-20,22H,2-17,21H2,1H3,(H,30,33)(H,35,36)(H2,31,32,34). The number of allylic oxidation sites excluding steroid dienone is 1. The third kappa shape index (κ3) is 11.7. The lowest BCUT2D eigenvalue weighted by Crippen LogP contribution is -2.15. The number of anilines is 1. The van der Waals surface area contributed by atoms with E-state index >= 15 is 0 Å². The zero-order chi connectivity index (χ0) is 26.0. The maximum absolute atomic E-state index is 12.3. The van der Waals surface area contributed by atoms with Gasteiger partial charge in [-0.15, -0.1) is 0 Å². The van der Waals surface area contributed by atoms with E-state index in [1.165, 1.54) is 83.5 Å². The Morgan fingerprint density at radius 1 is 0.833 bits per heavy atom. The summed E-state index contributed by atoms with van der Waals surface area (Å²) in [6.07, 6.45) is 21.6. The fourth-order valence-corrected chi connectivity index (χ4v) is 4.52. The van der Waals surface area contributed by atoms with E-state index in [4.69, 9.17) is 0 Å². The molecule has 7 heteroatoms. The first-order valence-corrected chi connectivity index (χ1v) is 13.9. The normalized spacial score (nSPS) is 11.8. The summed E-state index contributed by atoms with van der Waals surface area (Å²) in [6, 6.07) is 4.89. The topological polar surface area (TPSA) is 115 Å². The summed E-state index contributed by atoms with van der Waals surface area (Å²) >= 11 is 0. The molecule has 0 unspecified atom stereocenters. The number of unbranched alkanes of at least 4 members (excludes halogenated alkanes) is 15. The first-order valence-electron chi connectivity index (χ1n) is 13.9. The minimum atomic E-state index is -1.06. The number of rotatable bonds is 20. The number of carboxylic acid groups (broad SMARTS) is 1. The molecule has 0 atom stereocenters. The van der Waals surface area contributed by atoms with Gasteiger partial charge in [-0.25, -0.2) is 4.79 Å². The summed E-state index contributed by atoms with van der Waals surface area (Å²) < 4.78 is 0. The number of hydrogen-bond donors (Lipinski definition) is 4. The van der Waals surface area contributed by atoms with Crippen LogP contribution in [0.4, 0.5) is 5.69 Å². The molecule has 4 N–H and O–H groups in total. The zero-order valence-corrected chi connectivity index (χ0v) is 22.0. The van der Waals surface area contributed by atoms with E-state index in [9.17, 15) is 19.5 Å². The number of benzene rings is 1. The number of aromatic nitrogens is 2. The van der Waals surface area contributed by atoms with E-state index in [2.05, 4.69) is 22.4 Å². The van der Waals surface area contributed by atoms with Gasteiger partial charge in [0.15, 0.2) is 0 Å². The van der Waals surface area contributed by atoms with E-state index in [-0.39, 0.29) is 17.6 Å². The Bertz CT molecular complexity index is 1010.